The summed E-state index contributed by atoms with van der Waals surface area (Å²) in [5.74, 6) is -6.72. The third kappa shape index (κ3) is 5.54. The van der Waals surface area contributed by atoms with E-state index in [0.717, 1.165) is 41.4 Å². The highest BCUT2D eigenvalue weighted by Gasteiger charge is 2.77. The molecule has 3 heterocycles. The van der Waals surface area contributed by atoms with E-state index in [2.05, 4.69) is 4.90 Å². The van der Waals surface area contributed by atoms with Crippen molar-refractivity contribution in [1.82, 2.24) is 0 Å². The van der Waals surface area contributed by atoms with Crippen LogP contribution in [0.3, 0.4) is 0 Å². The monoisotopic (exact) mass is 795 g/mol. The molecule has 2 aliphatic carbocycles. The number of phenolic OH excluding ortho intramolecular Hbond substituents is 1. The van der Waals surface area contributed by atoms with Gasteiger partial charge in [-0.05, 0) is 78.9 Å². The number of imide groups is 2. The van der Waals surface area contributed by atoms with Crippen LogP contribution in [0.4, 0.5) is 21.5 Å². The molecule has 0 unspecified atom stereocenters. The number of hydrogen-bond donors (Lipinski definition) is 1. The fourth-order valence-electron chi connectivity index (χ4n) is 9.23. The molecule has 4 aromatic rings. The fourth-order valence-corrected chi connectivity index (χ4v) is 10.2. The van der Waals surface area contributed by atoms with Crippen molar-refractivity contribution in [2.24, 2.45) is 17.8 Å². The molecule has 4 aromatic carbocycles. The normalized spacial score (nSPS) is 28.6. The standard InChI is InChI=1S/C43H36Cl2FN3O7/c44-42-23-34-31(16-17-33-36(34)39(52)48(38(33)51)28-12-10-27(11-13-28)47-18-20-55-21-19-47)37(32-15-14-30(22-35(32)50)56-24-25-4-2-1-3-5-25)43(42,45)41(54)49(40(42)53)29-8-6-26(46)7-9-29/h1-16,22,33-34,36-37,50H,17-21,23-24H2/t33-,34+,36-,37+,42+,43-/m0/s1. The van der Waals surface area contributed by atoms with E-state index < -0.39 is 57.0 Å². The highest BCUT2D eigenvalue weighted by molar-refractivity contribution is 6.58. The predicted molar refractivity (Wildman–Crippen MR) is 207 cm³/mol. The number of halogens is 3. The van der Waals surface area contributed by atoms with Gasteiger partial charge in [0.2, 0.25) is 11.8 Å². The molecule has 4 fully saturated rings. The number of nitrogens with zero attached hydrogens (tertiary/aromatic N) is 3. The van der Waals surface area contributed by atoms with Gasteiger partial charge in [0.05, 0.1) is 36.4 Å². The molecule has 4 amide bonds. The van der Waals surface area contributed by atoms with Crippen LogP contribution >= 0.6 is 23.2 Å². The number of alkyl halides is 2. The average Bonchev–Trinajstić information content (AvgIpc) is 3.56. The number of carbonyl (C=O) groups excluding carboxylic acids is 4. The fraction of sp³-hybridized carbons (Fsp3) is 0.302. The molecule has 1 N–H and O–H groups in total. The summed E-state index contributed by atoms with van der Waals surface area (Å²) in [5, 5.41) is 11.7. The number of hydrogen-bond acceptors (Lipinski definition) is 8. The van der Waals surface area contributed by atoms with Crippen molar-refractivity contribution in [3.05, 3.63) is 126 Å². The molecule has 0 spiro atoms. The Hall–Kier alpha value is -5.23. The number of allylic oxidation sites excluding steroid dienone is 2. The second kappa shape index (κ2) is 13.8. The summed E-state index contributed by atoms with van der Waals surface area (Å²) in [6.07, 6.45) is 1.72. The van der Waals surface area contributed by atoms with E-state index in [0.29, 0.717) is 30.2 Å². The number of fused-ring (bicyclic) bond motifs is 4. The van der Waals surface area contributed by atoms with Gasteiger partial charge in [-0.1, -0.05) is 48.0 Å². The molecule has 5 aliphatic rings. The number of ether oxygens (including phenoxy) is 2. The minimum atomic E-state index is -2.19. The maximum Gasteiger partial charge on any atom is 0.258 e. The van der Waals surface area contributed by atoms with E-state index in [1.807, 2.05) is 48.5 Å². The van der Waals surface area contributed by atoms with E-state index in [4.69, 9.17) is 32.7 Å². The first kappa shape index (κ1) is 36.4. The van der Waals surface area contributed by atoms with Gasteiger partial charge in [0.1, 0.15) is 23.9 Å². The SMILES string of the molecule is O=C1[C@H]2[C@H](CC=C3[C@H]2C[C@@]2(Cl)C(=O)N(c4ccc(F)cc4)C(=O)[C@@]2(Cl)[C@H]3c2ccc(OCc3ccccc3)cc2O)C(=O)N1c1ccc(N2CCOCC2)cc1. The van der Waals surface area contributed by atoms with Gasteiger partial charge in [-0.2, -0.15) is 0 Å². The van der Waals surface area contributed by atoms with Gasteiger partial charge < -0.3 is 19.5 Å². The topological polar surface area (TPSA) is 117 Å². The second-order valence-corrected chi connectivity index (χ2v) is 16.1. The van der Waals surface area contributed by atoms with Crippen LogP contribution < -0.4 is 19.4 Å². The zero-order valence-electron chi connectivity index (χ0n) is 29.9. The Bertz CT molecular complexity index is 2280. The van der Waals surface area contributed by atoms with Crippen molar-refractivity contribution < 1.29 is 38.1 Å². The molecule has 3 aliphatic heterocycles. The maximum absolute atomic E-state index is 14.7. The minimum absolute atomic E-state index is 0.0668. The molecular weight excluding hydrogens is 760 g/mol. The molecule has 0 radical (unpaired) electrons. The molecule has 10 nitrogen and oxygen atoms in total. The van der Waals surface area contributed by atoms with Crippen LogP contribution in [0.25, 0.3) is 0 Å². The Morgan fingerprint density at radius 3 is 2.14 bits per heavy atom. The van der Waals surface area contributed by atoms with Gasteiger partial charge in [-0.3, -0.25) is 24.1 Å². The lowest BCUT2D eigenvalue weighted by atomic mass is 9.56. The van der Waals surface area contributed by atoms with E-state index >= 15 is 0 Å². The summed E-state index contributed by atoms with van der Waals surface area (Å²) in [6.45, 7) is 2.90. The van der Waals surface area contributed by atoms with Crippen LogP contribution in [0.5, 0.6) is 11.5 Å². The lowest BCUT2D eigenvalue weighted by Crippen LogP contribution is -2.60. The maximum atomic E-state index is 14.7. The van der Waals surface area contributed by atoms with Gasteiger partial charge in [0, 0.05) is 36.3 Å². The summed E-state index contributed by atoms with van der Waals surface area (Å²) in [5.41, 5.74) is 3.07. The van der Waals surface area contributed by atoms with Crippen molar-refractivity contribution >= 4 is 63.9 Å². The molecule has 6 atom stereocenters. The summed E-state index contributed by atoms with van der Waals surface area (Å²) in [4.78, 5) is 57.9. The van der Waals surface area contributed by atoms with Crippen LogP contribution in [0.15, 0.2) is 109 Å². The van der Waals surface area contributed by atoms with Crippen LogP contribution in [0.2, 0.25) is 0 Å². The second-order valence-electron chi connectivity index (χ2n) is 14.9. The van der Waals surface area contributed by atoms with Gasteiger partial charge in [-0.25, -0.2) is 9.29 Å². The predicted octanol–water partition coefficient (Wildman–Crippen LogP) is 6.71. The third-order valence-electron chi connectivity index (χ3n) is 11.9. The number of aromatic hydroxyl groups is 1. The lowest BCUT2D eigenvalue weighted by Gasteiger charge is -2.50. The number of morpholine rings is 1. The van der Waals surface area contributed by atoms with Crippen LogP contribution in [-0.4, -0.2) is 64.8 Å². The average molecular weight is 797 g/mol. The van der Waals surface area contributed by atoms with Crippen molar-refractivity contribution in [2.75, 3.05) is 41.0 Å². The smallest absolute Gasteiger partial charge is 0.258 e. The zero-order chi connectivity index (χ0) is 38.9. The van der Waals surface area contributed by atoms with E-state index in [9.17, 15) is 28.7 Å². The van der Waals surface area contributed by atoms with Crippen molar-refractivity contribution in [3.8, 4) is 11.5 Å². The van der Waals surface area contributed by atoms with Crippen LogP contribution in [0.1, 0.15) is 29.9 Å². The molecular formula is C43H36Cl2FN3O7. The Balaban J connectivity index is 1.11. The van der Waals surface area contributed by atoms with Crippen LogP contribution in [-0.2, 0) is 30.5 Å². The number of benzene rings is 4. The third-order valence-corrected chi connectivity index (χ3v) is 13.4. The van der Waals surface area contributed by atoms with Crippen LogP contribution in [0, 0.1) is 23.6 Å². The summed E-state index contributed by atoms with van der Waals surface area (Å²) < 4.78 is 25.5. The number of amides is 4. The molecule has 0 aromatic heterocycles. The first-order valence-electron chi connectivity index (χ1n) is 18.5. The highest BCUT2D eigenvalue weighted by Crippen LogP contribution is 2.66. The van der Waals surface area contributed by atoms with Gasteiger partial charge in [-0.15, -0.1) is 23.2 Å². The zero-order valence-corrected chi connectivity index (χ0v) is 31.5. The summed E-state index contributed by atoms with van der Waals surface area (Å²) in [6, 6.07) is 26.2. The summed E-state index contributed by atoms with van der Waals surface area (Å²) >= 11 is 15.0. The first-order chi connectivity index (χ1) is 27.0. The van der Waals surface area contributed by atoms with Gasteiger partial charge >= 0.3 is 0 Å². The lowest BCUT2D eigenvalue weighted by molar-refractivity contribution is -0.125. The van der Waals surface area contributed by atoms with Crippen molar-refractivity contribution in [2.45, 2.75) is 35.1 Å². The van der Waals surface area contributed by atoms with E-state index in [1.165, 1.54) is 23.1 Å². The quantitative estimate of drug-likeness (QED) is 0.125. The summed E-state index contributed by atoms with van der Waals surface area (Å²) in [7, 11) is 0. The van der Waals surface area contributed by atoms with Crippen molar-refractivity contribution in [3.63, 3.8) is 0 Å². The number of anilines is 3. The largest absolute Gasteiger partial charge is 0.508 e. The number of carbonyl (C=O) groups is 4. The molecule has 3 saturated heterocycles. The number of rotatable bonds is 7. The Kier molecular flexibility index (Phi) is 8.94. The molecule has 56 heavy (non-hydrogen) atoms. The van der Waals surface area contributed by atoms with Gasteiger partial charge in [0.15, 0.2) is 9.75 Å². The van der Waals surface area contributed by atoms with Crippen molar-refractivity contribution in [1.29, 1.82) is 0 Å². The molecule has 286 valence electrons. The minimum Gasteiger partial charge on any atom is -0.508 e. The Morgan fingerprint density at radius 2 is 1.45 bits per heavy atom. The molecule has 0 bridgehead atoms. The Morgan fingerprint density at radius 1 is 0.786 bits per heavy atom. The van der Waals surface area contributed by atoms with Gasteiger partial charge in [0.25, 0.3) is 11.8 Å². The Labute approximate surface area is 332 Å². The molecule has 9 rings (SSSR count). The molecule has 1 saturated carbocycles. The number of phenols is 1. The van der Waals surface area contributed by atoms with E-state index in [-0.39, 0.29) is 42.4 Å². The first-order valence-corrected chi connectivity index (χ1v) is 19.3. The van der Waals surface area contributed by atoms with E-state index in [1.54, 1.807) is 24.3 Å². The highest BCUT2D eigenvalue weighted by atomic mass is 35.5. The molecule has 13 heteroatoms.